The van der Waals surface area contributed by atoms with Gasteiger partial charge in [-0.25, -0.2) is 4.98 Å². The number of hydrogen-bond donors (Lipinski definition) is 1. The highest BCUT2D eigenvalue weighted by atomic mass is 35.5. The Morgan fingerprint density at radius 1 is 1.35 bits per heavy atom. The molecule has 2 aromatic rings. The SMILES string of the molecule is CCC1OCCCCN1C(=O)c1cnc(Nc2ccc(C)nc2)c(Cl)c1. The molecular formula is C19H23ClN4O2. The predicted molar refractivity (Wildman–Crippen MR) is 102 cm³/mol. The van der Waals surface area contributed by atoms with Crippen LogP contribution in [0.15, 0.2) is 30.6 Å². The van der Waals surface area contributed by atoms with E-state index >= 15 is 0 Å². The summed E-state index contributed by atoms with van der Waals surface area (Å²) in [4.78, 5) is 23.2. The summed E-state index contributed by atoms with van der Waals surface area (Å²) < 4.78 is 5.78. The molecule has 6 nitrogen and oxygen atoms in total. The highest BCUT2D eigenvalue weighted by Crippen LogP contribution is 2.25. The average Bonchev–Trinajstić information content (AvgIpc) is 2.90. The maximum Gasteiger partial charge on any atom is 0.257 e. The van der Waals surface area contributed by atoms with Crippen LogP contribution >= 0.6 is 11.6 Å². The average molecular weight is 375 g/mol. The number of aryl methyl sites for hydroxylation is 1. The first kappa shape index (κ1) is 18.6. The number of ether oxygens (including phenoxy) is 1. The molecule has 26 heavy (non-hydrogen) atoms. The third-order valence-corrected chi connectivity index (χ3v) is 4.61. The zero-order valence-corrected chi connectivity index (χ0v) is 15.8. The Labute approximate surface area is 158 Å². The van der Waals surface area contributed by atoms with Gasteiger partial charge in [-0.2, -0.15) is 0 Å². The van der Waals surface area contributed by atoms with Crippen molar-refractivity contribution in [3.05, 3.63) is 46.9 Å². The number of rotatable bonds is 4. The molecule has 1 N–H and O–H groups in total. The summed E-state index contributed by atoms with van der Waals surface area (Å²) >= 11 is 6.35. The fourth-order valence-electron chi connectivity index (χ4n) is 2.90. The van der Waals surface area contributed by atoms with E-state index in [0.717, 1.165) is 30.6 Å². The lowest BCUT2D eigenvalue weighted by atomic mass is 10.2. The van der Waals surface area contributed by atoms with E-state index in [4.69, 9.17) is 16.3 Å². The summed E-state index contributed by atoms with van der Waals surface area (Å²) in [5.74, 6) is 0.393. The van der Waals surface area contributed by atoms with Crippen molar-refractivity contribution in [2.45, 2.75) is 39.3 Å². The van der Waals surface area contributed by atoms with Gasteiger partial charge in [-0.05, 0) is 44.4 Å². The molecule has 0 aromatic carbocycles. The molecule has 3 rings (SSSR count). The molecule has 0 bridgehead atoms. The van der Waals surface area contributed by atoms with E-state index in [-0.39, 0.29) is 12.1 Å². The van der Waals surface area contributed by atoms with Crippen molar-refractivity contribution in [3.63, 3.8) is 0 Å². The van der Waals surface area contributed by atoms with Crippen molar-refractivity contribution in [3.8, 4) is 0 Å². The lowest BCUT2D eigenvalue weighted by Gasteiger charge is -2.28. The van der Waals surface area contributed by atoms with Crippen LogP contribution in [0.2, 0.25) is 5.02 Å². The molecule has 7 heteroatoms. The van der Waals surface area contributed by atoms with Gasteiger partial charge in [-0.1, -0.05) is 18.5 Å². The summed E-state index contributed by atoms with van der Waals surface area (Å²) in [6.07, 6.45) is 5.73. The first-order valence-electron chi connectivity index (χ1n) is 8.86. The van der Waals surface area contributed by atoms with Gasteiger partial charge in [0, 0.05) is 25.0 Å². The van der Waals surface area contributed by atoms with Crippen molar-refractivity contribution in [2.75, 3.05) is 18.5 Å². The fraction of sp³-hybridized carbons (Fsp3) is 0.421. The molecule has 1 unspecified atom stereocenters. The van der Waals surface area contributed by atoms with Gasteiger partial charge in [-0.15, -0.1) is 0 Å². The molecule has 1 aliphatic heterocycles. The van der Waals surface area contributed by atoms with E-state index in [9.17, 15) is 4.79 Å². The zero-order chi connectivity index (χ0) is 18.5. The Bertz CT molecular complexity index is 767. The number of nitrogens with one attached hydrogen (secondary N) is 1. The van der Waals surface area contributed by atoms with E-state index in [2.05, 4.69) is 15.3 Å². The summed E-state index contributed by atoms with van der Waals surface area (Å²) in [6.45, 7) is 5.31. The normalized spacial score (nSPS) is 17.7. The van der Waals surface area contributed by atoms with Crippen LogP contribution in [-0.2, 0) is 4.74 Å². The molecule has 1 aliphatic rings. The molecule has 1 fully saturated rings. The van der Waals surface area contributed by atoms with Crippen LogP contribution in [0.25, 0.3) is 0 Å². The Hall–Kier alpha value is -2.18. The second kappa shape index (κ2) is 8.47. The largest absolute Gasteiger partial charge is 0.358 e. The number of nitrogens with zero attached hydrogens (tertiary/aromatic N) is 3. The third-order valence-electron chi connectivity index (χ3n) is 4.32. The van der Waals surface area contributed by atoms with Gasteiger partial charge in [0.05, 0.1) is 22.5 Å². The fourth-order valence-corrected chi connectivity index (χ4v) is 3.11. The molecule has 1 amide bonds. The minimum atomic E-state index is -0.194. The molecule has 0 saturated carbocycles. The number of hydrogen-bond acceptors (Lipinski definition) is 5. The summed E-state index contributed by atoms with van der Waals surface area (Å²) in [5.41, 5.74) is 2.18. The molecule has 3 heterocycles. The van der Waals surface area contributed by atoms with Crippen molar-refractivity contribution < 1.29 is 9.53 Å². The lowest BCUT2D eigenvalue weighted by molar-refractivity contribution is -0.0328. The van der Waals surface area contributed by atoms with E-state index < -0.39 is 0 Å². The van der Waals surface area contributed by atoms with Crippen molar-refractivity contribution in [1.82, 2.24) is 14.9 Å². The summed E-state index contributed by atoms with van der Waals surface area (Å²) in [6, 6.07) is 5.45. The highest BCUT2D eigenvalue weighted by Gasteiger charge is 2.26. The summed E-state index contributed by atoms with van der Waals surface area (Å²) in [5, 5.41) is 3.51. The number of amides is 1. The quantitative estimate of drug-likeness (QED) is 0.869. The number of carbonyl (C=O) groups is 1. The van der Waals surface area contributed by atoms with Crippen LogP contribution in [0.1, 0.15) is 42.2 Å². The predicted octanol–water partition coefficient (Wildman–Crippen LogP) is 4.17. The van der Waals surface area contributed by atoms with Crippen molar-refractivity contribution >= 4 is 29.0 Å². The van der Waals surface area contributed by atoms with Crippen LogP contribution in [0, 0.1) is 6.92 Å². The summed E-state index contributed by atoms with van der Waals surface area (Å²) in [7, 11) is 0. The molecule has 0 aliphatic carbocycles. The van der Waals surface area contributed by atoms with E-state index in [1.54, 1.807) is 23.4 Å². The van der Waals surface area contributed by atoms with Crippen LogP contribution in [-0.4, -0.2) is 40.2 Å². The van der Waals surface area contributed by atoms with Crippen LogP contribution < -0.4 is 5.32 Å². The molecule has 0 radical (unpaired) electrons. The topological polar surface area (TPSA) is 67.3 Å². The van der Waals surface area contributed by atoms with Crippen molar-refractivity contribution in [1.29, 1.82) is 0 Å². The number of halogens is 1. The third kappa shape index (κ3) is 4.31. The Kier molecular flexibility index (Phi) is 6.06. The maximum atomic E-state index is 12.9. The Morgan fingerprint density at radius 2 is 2.19 bits per heavy atom. The first-order chi connectivity index (χ1) is 12.6. The van der Waals surface area contributed by atoms with Crippen LogP contribution in [0.5, 0.6) is 0 Å². The number of anilines is 2. The van der Waals surface area contributed by atoms with Gasteiger partial charge in [0.2, 0.25) is 0 Å². The molecule has 2 aromatic heterocycles. The van der Waals surface area contributed by atoms with Gasteiger partial charge in [0.25, 0.3) is 5.91 Å². The Morgan fingerprint density at radius 3 is 2.88 bits per heavy atom. The number of carbonyl (C=O) groups excluding carboxylic acids is 1. The molecule has 0 spiro atoms. The van der Waals surface area contributed by atoms with E-state index in [1.165, 1.54) is 0 Å². The molecule has 1 atom stereocenters. The van der Waals surface area contributed by atoms with Gasteiger partial charge in [0.1, 0.15) is 12.0 Å². The zero-order valence-electron chi connectivity index (χ0n) is 15.0. The van der Waals surface area contributed by atoms with Gasteiger partial charge in [-0.3, -0.25) is 9.78 Å². The van der Waals surface area contributed by atoms with E-state index in [1.807, 2.05) is 26.0 Å². The standard InChI is InChI=1S/C19H23ClN4O2/c1-3-17-24(8-4-5-9-26-17)19(25)14-10-16(20)18(22-11-14)23-15-7-6-13(2)21-12-15/h6-7,10-12,17H,3-5,8-9H2,1-2H3,(H,22,23). The maximum absolute atomic E-state index is 12.9. The van der Waals surface area contributed by atoms with Gasteiger partial charge < -0.3 is 15.0 Å². The Balaban J connectivity index is 1.77. The molecule has 138 valence electrons. The smallest absolute Gasteiger partial charge is 0.257 e. The lowest BCUT2D eigenvalue weighted by Crippen LogP contribution is -2.41. The highest BCUT2D eigenvalue weighted by molar-refractivity contribution is 6.33. The van der Waals surface area contributed by atoms with Crippen LogP contribution in [0.4, 0.5) is 11.5 Å². The van der Waals surface area contributed by atoms with Gasteiger partial charge >= 0.3 is 0 Å². The second-order valence-corrected chi connectivity index (χ2v) is 6.71. The number of pyridine rings is 2. The first-order valence-corrected chi connectivity index (χ1v) is 9.24. The molecule has 1 saturated heterocycles. The molecular weight excluding hydrogens is 352 g/mol. The minimum Gasteiger partial charge on any atom is -0.358 e. The van der Waals surface area contributed by atoms with Crippen LogP contribution in [0.3, 0.4) is 0 Å². The van der Waals surface area contributed by atoms with Crippen molar-refractivity contribution in [2.24, 2.45) is 0 Å². The second-order valence-electron chi connectivity index (χ2n) is 6.31. The van der Waals surface area contributed by atoms with E-state index in [0.29, 0.717) is 29.6 Å². The number of aromatic nitrogens is 2. The minimum absolute atomic E-state index is 0.100. The monoisotopic (exact) mass is 374 g/mol. The van der Waals surface area contributed by atoms with Gasteiger partial charge in [0.15, 0.2) is 0 Å².